The number of carbonyl (C=O) groups excluding carboxylic acids is 1. The third-order valence-electron chi connectivity index (χ3n) is 3.45. The van der Waals surface area contributed by atoms with Crippen LogP contribution in [-0.2, 0) is 9.59 Å². The van der Waals surface area contributed by atoms with Crippen LogP contribution in [0.25, 0.3) is 0 Å². The van der Waals surface area contributed by atoms with Gasteiger partial charge in [-0.05, 0) is 33.9 Å². The van der Waals surface area contributed by atoms with Crippen molar-refractivity contribution in [1.29, 1.82) is 0 Å². The molecule has 1 aliphatic carbocycles. The summed E-state index contributed by atoms with van der Waals surface area (Å²) < 4.78 is 0. The number of amides is 1. The fourth-order valence-corrected chi connectivity index (χ4v) is 2.68. The molecular weight excluding hydrogens is 232 g/mol. The lowest BCUT2D eigenvalue weighted by molar-refractivity contribution is -0.149. The van der Waals surface area contributed by atoms with Gasteiger partial charge in [0, 0.05) is 12.6 Å². The van der Waals surface area contributed by atoms with Crippen LogP contribution < -0.4 is 5.32 Å². The molecule has 0 radical (unpaired) electrons. The second kappa shape index (κ2) is 6.73. The molecule has 0 heterocycles. The molecule has 3 unspecified atom stereocenters. The second-order valence-corrected chi connectivity index (χ2v) is 5.51. The molecule has 0 aliphatic heterocycles. The molecule has 0 aromatic heterocycles. The number of carboxylic acids is 1. The number of rotatable bonds is 5. The van der Waals surface area contributed by atoms with Crippen molar-refractivity contribution in [2.75, 3.05) is 20.6 Å². The van der Waals surface area contributed by atoms with Gasteiger partial charge in [0.25, 0.3) is 0 Å². The maximum Gasteiger partial charge on any atom is 0.307 e. The molecule has 5 heteroatoms. The normalized spacial score (nSPS) is 25.8. The maximum atomic E-state index is 12.1. The Balaban J connectivity index is 2.55. The lowest BCUT2D eigenvalue weighted by Gasteiger charge is -2.29. The molecule has 1 amide bonds. The number of carboxylic acid groups (broad SMARTS) is 1. The number of aliphatic carboxylic acids is 1. The van der Waals surface area contributed by atoms with E-state index < -0.39 is 11.9 Å². The Morgan fingerprint density at radius 3 is 2.33 bits per heavy atom. The van der Waals surface area contributed by atoms with E-state index in [2.05, 4.69) is 5.32 Å². The van der Waals surface area contributed by atoms with Crippen molar-refractivity contribution in [3.05, 3.63) is 0 Å². The van der Waals surface area contributed by atoms with Gasteiger partial charge in [0.15, 0.2) is 0 Å². The fourth-order valence-electron chi connectivity index (χ4n) is 2.68. The van der Waals surface area contributed by atoms with Gasteiger partial charge in [-0.15, -0.1) is 0 Å². The van der Waals surface area contributed by atoms with E-state index in [1.54, 1.807) is 0 Å². The molecular formula is C13H24N2O3. The van der Waals surface area contributed by atoms with Gasteiger partial charge in [0.05, 0.1) is 11.8 Å². The van der Waals surface area contributed by atoms with Crippen molar-refractivity contribution in [3.63, 3.8) is 0 Å². The number of likely N-dealkylation sites (N-methyl/N-ethyl adjacent to an activating group) is 1. The van der Waals surface area contributed by atoms with Crippen LogP contribution >= 0.6 is 0 Å². The van der Waals surface area contributed by atoms with Crippen LogP contribution in [-0.4, -0.2) is 48.6 Å². The number of nitrogens with zero attached hydrogens (tertiary/aromatic N) is 1. The first kappa shape index (κ1) is 15.0. The summed E-state index contributed by atoms with van der Waals surface area (Å²) in [5.41, 5.74) is 0. The van der Waals surface area contributed by atoms with Crippen molar-refractivity contribution in [2.45, 2.75) is 38.6 Å². The molecule has 0 spiro atoms. The van der Waals surface area contributed by atoms with Gasteiger partial charge in [-0.25, -0.2) is 0 Å². The molecule has 0 bridgehead atoms. The highest BCUT2D eigenvalue weighted by atomic mass is 16.4. The summed E-state index contributed by atoms with van der Waals surface area (Å²) in [6.07, 6.45) is 3.17. The van der Waals surface area contributed by atoms with E-state index in [0.29, 0.717) is 12.8 Å². The molecule has 1 saturated carbocycles. The Morgan fingerprint density at radius 2 is 1.83 bits per heavy atom. The van der Waals surface area contributed by atoms with Gasteiger partial charge in [-0.3, -0.25) is 9.59 Å². The lowest BCUT2D eigenvalue weighted by Crippen LogP contribution is -2.46. The molecule has 0 aromatic carbocycles. The zero-order chi connectivity index (χ0) is 13.7. The van der Waals surface area contributed by atoms with E-state index in [1.165, 1.54) is 0 Å². The minimum Gasteiger partial charge on any atom is -0.481 e. The SMILES string of the molecule is CC(CN(C)C)NC(=O)C1CCCCC1C(=O)O. The van der Waals surface area contributed by atoms with E-state index in [9.17, 15) is 9.59 Å². The smallest absolute Gasteiger partial charge is 0.307 e. The van der Waals surface area contributed by atoms with E-state index in [-0.39, 0.29) is 17.9 Å². The molecule has 0 aromatic rings. The molecule has 2 N–H and O–H groups in total. The van der Waals surface area contributed by atoms with E-state index in [1.807, 2.05) is 25.9 Å². The number of nitrogens with one attached hydrogen (secondary N) is 1. The van der Waals surface area contributed by atoms with Crippen LogP contribution in [0.4, 0.5) is 0 Å². The summed E-state index contributed by atoms with van der Waals surface area (Å²) in [4.78, 5) is 25.3. The first-order chi connectivity index (χ1) is 8.41. The van der Waals surface area contributed by atoms with Crippen LogP contribution in [0.3, 0.4) is 0 Å². The molecule has 1 rings (SSSR count). The lowest BCUT2D eigenvalue weighted by atomic mass is 9.78. The highest BCUT2D eigenvalue weighted by Gasteiger charge is 2.35. The number of hydrogen-bond donors (Lipinski definition) is 2. The minimum atomic E-state index is -0.838. The van der Waals surface area contributed by atoms with Crippen molar-refractivity contribution >= 4 is 11.9 Å². The summed E-state index contributed by atoms with van der Waals surface area (Å²) in [6, 6.07) is 0.0453. The minimum absolute atomic E-state index is 0.0453. The predicted octanol–water partition coefficient (Wildman–Crippen LogP) is 0.944. The van der Waals surface area contributed by atoms with Gasteiger partial charge < -0.3 is 15.3 Å². The van der Waals surface area contributed by atoms with Gasteiger partial charge in [-0.2, -0.15) is 0 Å². The van der Waals surface area contributed by atoms with E-state index in [0.717, 1.165) is 19.4 Å². The molecule has 3 atom stereocenters. The summed E-state index contributed by atoms with van der Waals surface area (Å²) in [5, 5.41) is 12.1. The van der Waals surface area contributed by atoms with Crippen molar-refractivity contribution in [1.82, 2.24) is 10.2 Å². The quantitative estimate of drug-likeness (QED) is 0.768. The average Bonchev–Trinajstić information content (AvgIpc) is 2.27. The van der Waals surface area contributed by atoms with Gasteiger partial charge in [0.1, 0.15) is 0 Å². The highest BCUT2D eigenvalue weighted by molar-refractivity contribution is 5.85. The summed E-state index contributed by atoms with van der Waals surface area (Å²) >= 11 is 0. The molecule has 104 valence electrons. The first-order valence-electron chi connectivity index (χ1n) is 6.59. The Morgan fingerprint density at radius 1 is 1.28 bits per heavy atom. The third-order valence-corrected chi connectivity index (χ3v) is 3.45. The van der Waals surface area contributed by atoms with Crippen LogP contribution in [0.15, 0.2) is 0 Å². The van der Waals surface area contributed by atoms with Crippen LogP contribution in [0.1, 0.15) is 32.6 Å². The van der Waals surface area contributed by atoms with Crippen molar-refractivity contribution in [3.8, 4) is 0 Å². The standard InChI is InChI=1S/C13H24N2O3/c1-9(8-15(2)3)14-12(16)10-6-4-5-7-11(10)13(17)18/h9-11H,4-8H2,1-3H3,(H,14,16)(H,17,18). The molecule has 18 heavy (non-hydrogen) atoms. The van der Waals surface area contributed by atoms with Gasteiger partial charge in [0.2, 0.25) is 5.91 Å². The summed E-state index contributed by atoms with van der Waals surface area (Å²) in [7, 11) is 3.90. The fraction of sp³-hybridized carbons (Fsp3) is 0.846. The summed E-state index contributed by atoms with van der Waals surface area (Å²) in [5.74, 6) is -1.81. The van der Waals surface area contributed by atoms with Crippen molar-refractivity contribution in [2.24, 2.45) is 11.8 Å². The molecule has 1 fully saturated rings. The Bertz CT molecular complexity index is 305. The maximum absolute atomic E-state index is 12.1. The molecule has 1 aliphatic rings. The predicted molar refractivity (Wildman–Crippen MR) is 69.2 cm³/mol. The third kappa shape index (κ3) is 4.29. The number of carbonyl (C=O) groups is 2. The zero-order valence-corrected chi connectivity index (χ0v) is 11.5. The number of hydrogen-bond acceptors (Lipinski definition) is 3. The average molecular weight is 256 g/mol. The van der Waals surface area contributed by atoms with Crippen LogP contribution in [0.5, 0.6) is 0 Å². The van der Waals surface area contributed by atoms with Crippen LogP contribution in [0, 0.1) is 11.8 Å². The van der Waals surface area contributed by atoms with Crippen LogP contribution in [0.2, 0.25) is 0 Å². The molecule has 5 nitrogen and oxygen atoms in total. The Kier molecular flexibility index (Phi) is 5.59. The Labute approximate surface area is 109 Å². The highest BCUT2D eigenvalue weighted by Crippen LogP contribution is 2.30. The largest absolute Gasteiger partial charge is 0.481 e. The summed E-state index contributed by atoms with van der Waals surface area (Å²) in [6.45, 7) is 2.70. The topological polar surface area (TPSA) is 69.6 Å². The molecule has 0 saturated heterocycles. The van der Waals surface area contributed by atoms with E-state index >= 15 is 0 Å². The van der Waals surface area contributed by atoms with Gasteiger partial charge >= 0.3 is 5.97 Å². The Hall–Kier alpha value is -1.10. The first-order valence-corrected chi connectivity index (χ1v) is 6.59. The second-order valence-electron chi connectivity index (χ2n) is 5.51. The van der Waals surface area contributed by atoms with E-state index in [4.69, 9.17) is 5.11 Å². The van der Waals surface area contributed by atoms with Crippen molar-refractivity contribution < 1.29 is 14.7 Å². The van der Waals surface area contributed by atoms with Gasteiger partial charge in [-0.1, -0.05) is 12.8 Å². The zero-order valence-electron chi connectivity index (χ0n) is 11.5. The monoisotopic (exact) mass is 256 g/mol.